The number of nitrogens with two attached hydrogens (primary N) is 1. The molecule has 3 nitrogen and oxygen atoms in total. The van der Waals surface area contributed by atoms with Crippen molar-refractivity contribution in [3.05, 3.63) is 35.4 Å². The van der Waals surface area contributed by atoms with E-state index in [0.717, 1.165) is 49.1 Å². The van der Waals surface area contributed by atoms with Crippen LogP contribution in [0.3, 0.4) is 0 Å². The van der Waals surface area contributed by atoms with Crippen LogP contribution in [0.4, 0.5) is 13.2 Å². The lowest BCUT2D eigenvalue weighted by Gasteiger charge is -2.27. The van der Waals surface area contributed by atoms with Crippen molar-refractivity contribution in [1.29, 1.82) is 0 Å². The first-order valence-electron chi connectivity index (χ1n) is 7.71. The van der Waals surface area contributed by atoms with E-state index in [1.54, 1.807) is 6.07 Å². The van der Waals surface area contributed by atoms with Crippen LogP contribution in [0.15, 0.2) is 29.3 Å². The molecule has 0 spiro atoms. The van der Waals surface area contributed by atoms with Crippen molar-refractivity contribution in [2.75, 3.05) is 31.1 Å². The summed E-state index contributed by atoms with van der Waals surface area (Å²) in [6.45, 7) is 2.23. The molecule has 1 saturated carbocycles. The van der Waals surface area contributed by atoms with E-state index in [1.165, 1.54) is 12.1 Å². The lowest BCUT2D eigenvalue weighted by Crippen LogP contribution is -2.43. The minimum absolute atomic E-state index is 0. The maximum Gasteiger partial charge on any atom is 0.416 e. The summed E-state index contributed by atoms with van der Waals surface area (Å²) in [7, 11) is 0. The van der Waals surface area contributed by atoms with Crippen LogP contribution in [0.1, 0.15) is 24.0 Å². The van der Waals surface area contributed by atoms with Gasteiger partial charge in [0.15, 0.2) is 5.96 Å². The van der Waals surface area contributed by atoms with E-state index in [0.29, 0.717) is 12.5 Å². The van der Waals surface area contributed by atoms with Gasteiger partial charge in [-0.25, -0.2) is 0 Å². The third-order valence-electron chi connectivity index (χ3n) is 4.53. The number of rotatable bonds is 3. The SMILES string of the molecule is I.NC(=NCC1(c2cccc(C(F)(F)F)c2)CC1)N1CCSCC1. The molecular weight excluding hydrogens is 450 g/mol. The maximum atomic E-state index is 12.9. The van der Waals surface area contributed by atoms with Crippen molar-refractivity contribution in [3.63, 3.8) is 0 Å². The fourth-order valence-electron chi connectivity index (χ4n) is 2.84. The molecule has 0 unspecified atom stereocenters. The summed E-state index contributed by atoms with van der Waals surface area (Å²) in [6.07, 6.45) is -2.58. The number of halogens is 4. The predicted octanol–water partition coefficient (Wildman–Crippen LogP) is 3.72. The van der Waals surface area contributed by atoms with Crippen molar-refractivity contribution in [3.8, 4) is 0 Å². The van der Waals surface area contributed by atoms with E-state index < -0.39 is 11.7 Å². The minimum atomic E-state index is -4.31. The zero-order valence-corrected chi connectivity index (χ0v) is 16.3. The van der Waals surface area contributed by atoms with E-state index >= 15 is 0 Å². The Balaban J connectivity index is 0.00000208. The minimum Gasteiger partial charge on any atom is -0.370 e. The molecule has 2 N–H and O–H groups in total. The Labute approximate surface area is 161 Å². The van der Waals surface area contributed by atoms with Gasteiger partial charge in [-0.3, -0.25) is 4.99 Å². The average molecular weight is 471 g/mol. The lowest BCUT2D eigenvalue weighted by atomic mass is 9.94. The van der Waals surface area contributed by atoms with Crippen LogP contribution >= 0.6 is 35.7 Å². The smallest absolute Gasteiger partial charge is 0.370 e. The van der Waals surface area contributed by atoms with Crippen molar-refractivity contribution >= 4 is 41.7 Å². The summed E-state index contributed by atoms with van der Waals surface area (Å²) in [5, 5.41) is 0. The van der Waals surface area contributed by atoms with Crippen LogP contribution in [0.2, 0.25) is 0 Å². The van der Waals surface area contributed by atoms with Gasteiger partial charge in [-0.2, -0.15) is 24.9 Å². The third kappa shape index (κ3) is 4.50. The zero-order valence-electron chi connectivity index (χ0n) is 13.2. The summed E-state index contributed by atoms with van der Waals surface area (Å²) in [5.74, 6) is 2.59. The summed E-state index contributed by atoms with van der Waals surface area (Å²) in [4.78, 5) is 6.53. The highest BCUT2D eigenvalue weighted by Crippen LogP contribution is 2.49. The van der Waals surface area contributed by atoms with E-state index in [1.807, 2.05) is 11.8 Å². The second-order valence-corrected chi connectivity index (χ2v) is 7.36. The number of alkyl halides is 3. The molecule has 0 atom stereocenters. The fraction of sp³-hybridized carbons (Fsp3) is 0.562. The Morgan fingerprint density at radius 1 is 1.25 bits per heavy atom. The Hall–Kier alpha value is -0.640. The van der Waals surface area contributed by atoms with Gasteiger partial charge in [-0.1, -0.05) is 18.2 Å². The van der Waals surface area contributed by atoms with E-state index in [4.69, 9.17) is 5.73 Å². The molecule has 2 fully saturated rings. The van der Waals surface area contributed by atoms with Gasteiger partial charge in [-0.15, -0.1) is 24.0 Å². The van der Waals surface area contributed by atoms with Gasteiger partial charge in [-0.05, 0) is 24.5 Å². The first kappa shape index (κ1) is 19.7. The summed E-state index contributed by atoms with van der Waals surface area (Å²) < 4.78 is 38.6. The molecular formula is C16H21F3IN3S. The number of guanidine groups is 1. The molecule has 1 aliphatic heterocycles. The quantitative estimate of drug-likeness (QED) is 0.415. The molecule has 1 aromatic rings. The average Bonchev–Trinajstić information content (AvgIpc) is 3.34. The molecule has 24 heavy (non-hydrogen) atoms. The second kappa shape index (κ2) is 7.72. The van der Waals surface area contributed by atoms with Crippen LogP contribution in [-0.2, 0) is 11.6 Å². The predicted molar refractivity (Wildman–Crippen MR) is 103 cm³/mol. The van der Waals surface area contributed by atoms with E-state index in [2.05, 4.69) is 9.89 Å². The number of benzene rings is 1. The largest absolute Gasteiger partial charge is 0.416 e. The fourth-order valence-corrected chi connectivity index (χ4v) is 3.74. The molecule has 1 aromatic carbocycles. The molecule has 0 aromatic heterocycles. The van der Waals surface area contributed by atoms with Crippen molar-refractivity contribution in [2.45, 2.75) is 24.4 Å². The third-order valence-corrected chi connectivity index (χ3v) is 5.48. The highest BCUT2D eigenvalue weighted by molar-refractivity contribution is 14.0. The highest BCUT2D eigenvalue weighted by Gasteiger charge is 2.45. The van der Waals surface area contributed by atoms with E-state index in [-0.39, 0.29) is 29.4 Å². The standard InChI is InChI=1S/C16H20F3N3S.HI/c17-16(18,19)13-3-1-2-12(10-13)15(4-5-15)11-21-14(20)22-6-8-23-9-7-22;/h1-3,10H,4-9,11H2,(H2,20,21);1H. The van der Waals surface area contributed by atoms with Crippen LogP contribution in [0, 0.1) is 0 Å². The molecule has 0 radical (unpaired) electrons. The lowest BCUT2D eigenvalue weighted by molar-refractivity contribution is -0.137. The molecule has 8 heteroatoms. The molecule has 0 bridgehead atoms. The topological polar surface area (TPSA) is 41.6 Å². The van der Waals surface area contributed by atoms with Crippen LogP contribution in [-0.4, -0.2) is 42.0 Å². The Morgan fingerprint density at radius 3 is 2.50 bits per heavy atom. The highest BCUT2D eigenvalue weighted by atomic mass is 127. The van der Waals surface area contributed by atoms with Crippen molar-refractivity contribution in [1.82, 2.24) is 4.90 Å². The number of aliphatic imine (C=N–C) groups is 1. The van der Waals surface area contributed by atoms with Crippen molar-refractivity contribution in [2.24, 2.45) is 10.7 Å². The Bertz CT molecular complexity index is 596. The van der Waals surface area contributed by atoms with Gasteiger partial charge < -0.3 is 10.6 Å². The monoisotopic (exact) mass is 471 g/mol. The zero-order chi connectivity index (χ0) is 16.5. The summed E-state index contributed by atoms with van der Waals surface area (Å²) in [6, 6.07) is 5.62. The van der Waals surface area contributed by atoms with Crippen LogP contribution in [0.25, 0.3) is 0 Å². The number of nitrogens with zero attached hydrogens (tertiary/aromatic N) is 2. The first-order chi connectivity index (χ1) is 10.9. The normalized spacial score (nSPS) is 20.5. The van der Waals surface area contributed by atoms with Gasteiger partial charge in [0.1, 0.15) is 0 Å². The van der Waals surface area contributed by atoms with Gasteiger partial charge in [0.05, 0.1) is 12.1 Å². The molecule has 1 heterocycles. The summed E-state index contributed by atoms with van der Waals surface area (Å²) >= 11 is 1.89. The van der Waals surface area contributed by atoms with E-state index in [9.17, 15) is 13.2 Å². The maximum absolute atomic E-state index is 12.9. The Kier molecular flexibility index (Phi) is 6.33. The number of hydrogen-bond acceptors (Lipinski definition) is 2. The molecule has 134 valence electrons. The molecule has 0 amide bonds. The molecule has 1 aliphatic carbocycles. The number of hydrogen-bond donors (Lipinski definition) is 1. The Morgan fingerprint density at radius 2 is 1.92 bits per heavy atom. The van der Waals surface area contributed by atoms with Gasteiger partial charge in [0, 0.05) is 30.0 Å². The van der Waals surface area contributed by atoms with Gasteiger partial charge in [0.25, 0.3) is 0 Å². The van der Waals surface area contributed by atoms with Gasteiger partial charge >= 0.3 is 6.18 Å². The van der Waals surface area contributed by atoms with Gasteiger partial charge in [0.2, 0.25) is 0 Å². The second-order valence-electron chi connectivity index (χ2n) is 6.13. The van der Waals surface area contributed by atoms with Crippen LogP contribution in [0.5, 0.6) is 0 Å². The van der Waals surface area contributed by atoms with Crippen LogP contribution < -0.4 is 5.73 Å². The first-order valence-corrected chi connectivity index (χ1v) is 8.87. The number of thioether (sulfide) groups is 1. The molecule has 3 rings (SSSR count). The molecule has 2 aliphatic rings. The summed E-state index contributed by atoms with van der Waals surface area (Å²) in [5.41, 5.74) is 5.91. The molecule has 1 saturated heterocycles. The van der Waals surface area contributed by atoms with Crippen molar-refractivity contribution < 1.29 is 13.2 Å².